The summed E-state index contributed by atoms with van der Waals surface area (Å²) >= 11 is 5.84. The highest BCUT2D eigenvalue weighted by Gasteiger charge is 2.20. The van der Waals surface area contributed by atoms with Crippen LogP contribution in [-0.2, 0) is 0 Å². The first kappa shape index (κ1) is 14.4. The Balaban J connectivity index is 1.91. The van der Waals surface area contributed by atoms with Crippen LogP contribution in [0.15, 0.2) is 24.3 Å². The Bertz CT molecular complexity index is 444. The lowest BCUT2D eigenvalue weighted by atomic mass is 10.00. The summed E-state index contributed by atoms with van der Waals surface area (Å²) < 4.78 is 0. The molecule has 1 heterocycles. The molecule has 1 N–H and O–H groups in total. The maximum absolute atomic E-state index is 9.09. The highest BCUT2D eigenvalue weighted by Crippen LogP contribution is 2.18. The lowest BCUT2D eigenvalue weighted by Crippen LogP contribution is -2.40. The average Bonchev–Trinajstić information content (AvgIpc) is 2.43. The summed E-state index contributed by atoms with van der Waals surface area (Å²) in [5.41, 5.74) is 1.00. The molecule has 1 aromatic carbocycles. The Hall–Kier alpha value is -1.01. The van der Waals surface area contributed by atoms with E-state index in [0.29, 0.717) is 6.04 Å². The first-order valence-corrected chi connectivity index (χ1v) is 7.27. The zero-order valence-electron chi connectivity index (χ0n) is 11.1. The molecule has 3 heteroatoms. The largest absolute Gasteiger partial charge is 0.396 e. The lowest BCUT2D eigenvalue weighted by Gasteiger charge is -2.33. The summed E-state index contributed by atoms with van der Waals surface area (Å²) in [6, 6.07) is 8.11. The maximum Gasteiger partial charge on any atom is 0.0607 e. The number of likely N-dealkylation sites (tertiary alicyclic amines) is 1. The summed E-state index contributed by atoms with van der Waals surface area (Å²) in [5, 5.41) is 9.83. The van der Waals surface area contributed by atoms with Gasteiger partial charge in [-0.2, -0.15) is 0 Å². The molecule has 2 rings (SSSR count). The zero-order valence-corrected chi connectivity index (χ0v) is 11.9. The summed E-state index contributed by atoms with van der Waals surface area (Å²) in [6.45, 7) is 2.15. The van der Waals surface area contributed by atoms with Gasteiger partial charge in [-0.15, -0.1) is 0 Å². The van der Waals surface area contributed by atoms with Crippen LogP contribution < -0.4 is 0 Å². The van der Waals surface area contributed by atoms with E-state index in [1.54, 1.807) is 0 Å². The van der Waals surface area contributed by atoms with Crippen LogP contribution in [0.4, 0.5) is 0 Å². The van der Waals surface area contributed by atoms with Gasteiger partial charge >= 0.3 is 0 Å². The number of hydrogen-bond acceptors (Lipinski definition) is 2. The van der Waals surface area contributed by atoms with E-state index in [4.69, 9.17) is 16.7 Å². The van der Waals surface area contributed by atoms with Crippen molar-refractivity contribution < 1.29 is 5.11 Å². The van der Waals surface area contributed by atoms with Gasteiger partial charge in [-0.3, -0.25) is 4.90 Å². The van der Waals surface area contributed by atoms with Gasteiger partial charge in [-0.25, -0.2) is 0 Å². The van der Waals surface area contributed by atoms with Gasteiger partial charge in [0.2, 0.25) is 0 Å². The molecule has 0 spiro atoms. The number of benzene rings is 1. The van der Waals surface area contributed by atoms with Crippen LogP contribution in [0.1, 0.15) is 31.2 Å². The molecule has 1 unspecified atom stereocenters. The van der Waals surface area contributed by atoms with E-state index in [0.717, 1.165) is 30.1 Å². The van der Waals surface area contributed by atoms with Crippen LogP contribution >= 0.6 is 11.6 Å². The molecule has 1 aromatic rings. The lowest BCUT2D eigenvalue weighted by molar-refractivity contribution is 0.134. The van der Waals surface area contributed by atoms with Crippen LogP contribution in [0.5, 0.6) is 0 Å². The normalized spacial score (nSPS) is 19.8. The molecule has 1 aliphatic heterocycles. The SMILES string of the molecule is OCCC1CCCCN1CC#Cc1ccc(Cl)cc1. The average molecular weight is 278 g/mol. The third kappa shape index (κ3) is 4.54. The van der Waals surface area contributed by atoms with Crippen molar-refractivity contribution in [2.24, 2.45) is 0 Å². The summed E-state index contributed by atoms with van der Waals surface area (Å²) in [7, 11) is 0. The Morgan fingerprint density at radius 1 is 1.26 bits per heavy atom. The van der Waals surface area contributed by atoms with E-state index in [2.05, 4.69) is 16.7 Å². The van der Waals surface area contributed by atoms with Crippen molar-refractivity contribution in [1.29, 1.82) is 0 Å². The van der Waals surface area contributed by atoms with Gasteiger partial charge in [0.05, 0.1) is 6.54 Å². The van der Waals surface area contributed by atoms with Crippen molar-refractivity contribution in [1.82, 2.24) is 4.90 Å². The first-order chi connectivity index (χ1) is 9.29. The number of hydrogen-bond donors (Lipinski definition) is 1. The van der Waals surface area contributed by atoms with Crippen molar-refractivity contribution in [2.45, 2.75) is 31.7 Å². The molecule has 19 heavy (non-hydrogen) atoms. The third-order valence-corrected chi connectivity index (χ3v) is 3.82. The van der Waals surface area contributed by atoms with Crippen molar-refractivity contribution in [3.63, 3.8) is 0 Å². The van der Waals surface area contributed by atoms with E-state index in [9.17, 15) is 0 Å². The molecule has 1 saturated heterocycles. The molecule has 0 aliphatic carbocycles. The van der Waals surface area contributed by atoms with Crippen molar-refractivity contribution in [3.05, 3.63) is 34.9 Å². The van der Waals surface area contributed by atoms with Gasteiger partial charge in [0.1, 0.15) is 0 Å². The zero-order chi connectivity index (χ0) is 13.5. The minimum Gasteiger partial charge on any atom is -0.396 e. The van der Waals surface area contributed by atoms with Gasteiger partial charge < -0.3 is 5.11 Å². The van der Waals surface area contributed by atoms with Gasteiger partial charge in [0, 0.05) is 23.2 Å². The summed E-state index contributed by atoms with van der Waals surface area (Å²) in [5.74, 6) is 6.40. The molecule has 2 nitrogen and oxygen atoms in total. The molecule has 0 saturated carbocycles. The van der Waals surface area contributed by atoms with Gasteiger partial charge in [-0.05, 0) is 50.1 Å². The summed E-state index contributed by atoms with van der Waals surface area (Å²) in [6.07, 6.45) is 4.56. The van der Waals surface area contributed by atoms with E-state index < -0.39 is 0 Å². The number of nitrogens with zero attached hydrogens (tertiary/aromatic N) is 1. The fraction of sp³-hybridized carbons (Fsp3) is 0.500. The number of aliphatic hydroxyl groups excluding tert-OH is 1. The van der Waals surface area contributed by atoms with E-state index >= 15 is 0 Å². The first-order valence-electron chi connectivity index (χ1n) is 6.89. The Labute approximate surface area is 120 Å². The predicted molar refractivity (Wildman–Crippen MR) is 79.2 cm³/mol. The highest BCUT2D eigenvalue weighted by atomic mass is 35.5. The third-order valence-electron chi connectivity index (χ3n) is 3.57. The molecular weight excluding hydrogens is 258 g/mol. The molecular formula is C16H20ClNO. The molecule has 0 radical (unpaired) electrons. The van der Waals surface area contributed by atoms with Crippen LogP contribution in [0.3, 0.4) is 0 Å². The van der Waals surface area contributed by atoms with Gasteiger partial charge in [0.25, 0.3) is 0 Å². The van der Waals surface area contributed by atoms with Crippen molar-refractivity contribution in [3.8, 4) is 11.8 Å². The molecule has 0 amide bonds. The molecule has 1 atom stereocenters. The molecule has 1 fully saturated rings. The Morgan fingerprint density at radius 2 is 2.05 bits per heavy atom. The number of halogens is 1. The fourth-order valence-electron chi connectivity index (χ4n) is 2.52. The Kier molecular flexibility index (Phi) is 5.72. The van der Waals surface area contributed by atoms with Crippen molar-refractivity contribution in [2.75, 3.05) is 19.7 Å². The summed E-state index contributed by atoms with van der Waals surface area (Å²) in [4.78, 5) is 2.39. The monoisotopic (exact) mass is 277 g/mol. The second-order valence-electron chi connectivity index (χ2n) is 4.94. The molecule has 0 bridgehead atoms. The maximum atomic E-state index is 9.09. The number of aliphatic hydroxyl groups is 1. The minimum atomic E-state index is 0.270. The Morgan fingerprint density at radius 3 is 2.79 bits per heavy atom. The molecule has 1 aliphatic rings. The number of rotatable bonds is 3. The van der Waals surface area contributed by atoms with E-state index in [1.165, 1.54) is 19.3 Å². The fourth-order valence-corrected chi connectivity index (χ4v) is 2.65. The highest BCUT2D eigenvalue weighted by molar-refractivity contribution is 6.30. The molecule has 102 valence electrons. The van der Waals surface area contributed by atoms with Crippen molar-refractivity contribution >= 4 is 11.6 Å². The van der Waals surface area contributed by atoms with Crippen LogP contribution in [-0.4, -0.2) is 35.7 Å². The number of piperidine rings is 1. The smallest absolute Gasteiger partial charge is 0.0607 e. The second kappa shape index (κ2) is 7.55. The van der Waals surface area contributed by atoms with E-state index in [-0.39, 0.29) is 6.61 Å². The standard InChI is InChI=1S/C16H20ClNO/c17-15-8-6-14(7-9-15)4-3-12-18-11-2-1-5-16(18)10-13-19/h6-9,16,19H,1-2,5,10-13H2. The van der Waals surface area contributed by atoms with Crippen LogP contribution in [0.2, 0.25) is 5.02 Å². The topological polar surface area (TPSA) is 23.5 Å². The quantitative estimate of drug-likeness (QED) is 0.859. The van der Waals surface area contributed by atoms with E-state index in [1.807, 2.05) is 24.3 Å². The van der Waals surface area contributed by atoms with Gasteiger partial charge in [-0.1, -0.05) is 29.9 Å². The van der Waals surface area contributed by atoms with Crippen LogP contribution in [0, 0.1) is 11.8 Å². The minimum absolute atomic E-state index is 0.270. The van der Waals surface area contributed by atoms with Gasteiger partial charge in [0.15, 0.2) is 0 Å². The second-order valence-corrected chi connectivity index (χ2v) is 5.38. The van der Waals surface area contributed by atoms with Crippen LogP contribution in [0.25, 0.3) is 0 Å². The predicted octanol–water partition coefficient (Wildman–Crippen LogP) is 2.93. The molecule has 0 aromatic heterocycles.